The normalized spacial score (nSPS) is 18.1. The molecule has 0 atom stereocenters. The van der Waals surface area contributed by atoms with E-state index < -0.39 is 11.7 Å². The molecule has 2 aromatic rings. The second-order valence-corrected chi connectivity index (χ2v) is 8.01. The van der Waals surface area contributed by atoms with E-state index in [2.05, 4.69) is 4.90 Å². The number of alkyl halides is 3. The quantitative estimate of drug-likeness (QED) is 0.744. The van der Waals surface area contributed by atoms with E-state index >= 15 is 0 Å². The number of benzene rings is 2. The van der Waals surface area contributed by atoms with Gasteiger partial charge in [-0.15, -0.1) is 0 Å². The smallest absolute Gasteiger partial charge is 0.368 e. The summed E-state index contributed by atoms with van der Waals surface area (Å²) in [6.45, 7) is 5.20. The molecule has 2 aromatic carbocycles. The molecule has 1 amide bonds. The van der Waals surface area contributed by atoms with Crippen LogP contribution in [0.4, 0.5) is 18.9 Å². The number of carbonyl (C=O) groups excluding carboxylic acids is 1. The maximum atomic E-state index is 13.0. The molecule has 2 saturated heterocycles. The van der Waals surface area contributed by atoms with Crippen LogP contribution >= 0.6 is 0 Å². The van der Waals surface area contributed by atoms with Crippen LogP contribution in [-0.4, -0.2) is 55.0 Å². The lowest BCUT2D eigenvalue weighted by Crippen LogP contribution is -2.48. The monoisotopic (exact) mass is 417 g/mol. The van der Waals surface area contributed by atoms with Gasteiger partial charge in [-0.25, -0.2) is 0 Å². The lowest BCUT2D eigenvalue weighted by molar-refractivity contribution is -0.137. The zero-order chi connectivity index (χ0) is 21.1. The van der Waals surface area contributed by atoms with Gasteiger partial charge in [-0.2, -0.15) is 13.2 Å². The van der Waals surface area contributed by atoms with Crippen molar-refractivity contribution in [2.24, 2.45) is 0 Å². The number of hydrogen-bond acceptors (Lipinski definition) is 3. The zero-order valence-electron chi connectivity index (χ0n) is 16.9. The predicted octanol–water partition coefficient (Wildman–Crippen LogP) is 4.26. The average molecular weight is 417 g/mol. The number of nitrogens with zero attached hydrogens (tertiary/aromatic N) is 3. The van der Waals surface area contributed by atoms with Crippen LogP contribution in [0.15, 0.2) is 48.5 Å². The molecule has 2 aliphatic rings. The van der Waals surface area contributed by atoms with Gasteiger partial charge in [-0.3, -0.25) is 9.69 Å². The first-order valence-electron chi connectivity index (χ1n) is 10.4. The molecule has 2 aliphatic heterocycles. The van der Waals surface area contributed by atoms with Crippen LogP contribution in [-0.2, 0) is 12.7 Å². The molecule has 7 heteroatoms. The fourth-order valence-corrected chi connectivity index (χ4v) is 4.18. The van der Waals surface area contributed by atoms with Crippen LogP contribution in [0.5, 0.6) is 0 Å². The summed E-state index contributed by atoms with van der Waals surface area (Å²) < 4.78 is 38.9. The van der Waals surface area contributed by atoms with E-state index in [0.717, 1.165) is 25.7 Å². The Balaban J connectivity index is 1.34. The van der Waals surface area contributed by atoms with Crippen molar-refractivity contribution >= 4 is 11.6 Å². The maximum absolute atomic E-state index is 13.0. The van der Waals surface area contributed by atoms with Crippen molar-refractivity contribution in [1.29, 1.82) is 0 Å². The predicted molar refractivity (Wildman–Crippen MR) is 111 cm³/mol. The van der Waals surface area contributed by atoms with Gasteiger partial charge in [0.05, 0.1) is 5.56 Å². The van der Waals surface area contributed by atoms with E-state index in [4.69, 9.17) is 0 Å². The number of anilines is 1. The third-order valence-electron chi connectivity index (χ3n) is 5.91. The Morgan fingerprint density at radius 3 is 2.17 bits per heavy atom. The SMILES string of the molecule is O=C(c1ccc(CN2CCCC2)cc1)N1CCN(c2cccc(C(F)(F)F)c2)CC1. The molecule has 160 valence electrons. The molecule has 0 bridgehead atoms. The van der Waals surface area contributed by atoms with Gasteiger partial charge < -0.3 is 9.80 Å². The fourth-order valence-electron chi connectivity index (χ4n) is 4.18. The molecule has 0 aliphatic carbocycles. The average Bonchev–Trinajstić information content (AvgIpc) is 3.26. The number of halogens is 3. The van der Waals surface area contributed by atoms with Crippen LogP contribution < -0.4 is 4.90 Å². The van der Waals surface area contributed by atoms with Crippen LogP contribution in [0.1, 0.15) is 34.3 Å². The highest BCUT2D eigenvalue weighted by Gasteiger charge is 2.31. The lowest BCUT2D eigenvalue weighted by atomic mass is 10.1. The van der Waals surface area contributed by atoms with E-state index in [9.17, 15) is 18.0 Å². The highest BCUT2D eigenvalue weighted by Crippen LogP contribution is 2.32. The van der Waals surface area contributed by atoms with Crippen LogP contribution in [0, 0.1) is 0 Å². The van der Waals surface area contributed by atoms with Crippen LogP contribution in [0.3, 0.4) is 0 Å². The summed E-state index contributed by atoms with van der Waals surface area (Å²) in [4.78, 5) is 18.9. The maximum Gasteiger partial charge on any atom is 0.416 e. The van der Waals surface area contributed by atoms with E-state index in [1.54, 1.807) is 11.0 Å². The number of rotatable bonds is 4. The Morgan fingerprint density at radius 1 is 0.867 bits per heavy atom. The van der Waals surface area contributed by atoms with Gasteiger partial charge in [0.25, 0.3) is 5.91 Å². The summed E-state index contributed by atoms with van der Waals surface area (Å²) in [5.41, 5.74) is 1.77. The highest BCUT2D eigenvalue weighted by atomic mass is 19.4. The number of hydrogen-bond donors (Lipinski definition) is 0. The first-order chi connectivity index (χ1) is 14.4. The van der Waals surface area contributed by atoms with Crippen LogP contribution in [0.2, 0.25) is 0 Å². The molecule has 2 fully saturated rings. The Hall–Kier alpha value is -2.54. The number of likely N-dealkylation sites (tertiary alicyclic amines) is 1. The summed E-state index contributed by atoms with van der Waals surface area (Å²) in [6, 6.07) is 13.2. The van der Waals surface area contributed by atoms with E-state index in [1.165, 1.54) is 30.5 Å². The zero-order valence-corrected chi connectivity index (χ0v) is 16.9. The second-order valence-electron chi connectivity index (χ2n) is 8.01. The standard InChI is InChI=1S/C23H26F3N3O/c24-23(25,26)20-4-3-5-21(16-20)28-12-14-29(15-13-28)22(30)19-8-6-18(7-9-19)17-27-10-1-2-11-27/h3-9,16H,1-2,10-15,17H2. The lowest BCUT2D eigenvalue weighted by Gasteiger charge is -2.36. The molecule has 0 saturated carbocycles. The van der Waals surface area contributed by atoms with E-state index in [1.807, 2.05) is 29.2 Å². The van der Waals surface area contributed by atoms with E-state index in [0.29, 0.717) is 37.4 Å². The van der Waals surface area contributed by atoms with Gasteiger partial charge in [0.15, 0.2) is 0 Å². The second kappa shape index (κ2) is 8.68. The minimum Gasteiger partial charge on any atom is -0.368 e. The van der Waals surface area contributed by atoms with Crippen molar-refractivity contribution < 1.29 is 18.0 Å². The number of amides is 1. The Labute approximate surface area is 174 Å². The number of carbonyl (C=O) groups is 1. The Morgan fingerprint density at radius 2 is 1.53 bits per heavy atom. The van der Waals surface area contributed by atoms with Gasteiger partial charge in [-0.1, -0.05) is 18.2 Å². The highest BCUT2D eigenvalue weighted by molar-refractivity contribution is 5.94. The molecular formula is C23H26F3N3O. The fraction of sp³-hybridized carbons (Fsp3) is 0.435. The third kappa shape index (κ3) is 4.78. The van der Waals surface area contributed by atoms with Crippen molar-refractivity contribution in [2.45, 2.75) is 25.6 Å². The van der Waals surface area contributed by atoms with Crippen molar-refractivity contribution in [1.82, 2.24) is 9.80 Å². The molecule has 0 radical (unpaired) electrons. The molecule has 30 heavy (non-hydrogen) atoms. The third-order valence-corrected chi connectivity index (χ3v) is 5.91. The van der Waals surface area contributed by atoms with Gasteiger partial charge in [0, 0.05) is 44.0 Å². The Bertz CT molecular complexity index is 868. The molecule has 0 spiro atoms. The molecular weight excluding hydrogens is 391 g/mol. The summed E-state index contributed by atoms with van der Waals surface area (Å²) >= 11 is 0. The van der Waals surface area contributed by atoms with Crippen LogP contribution in [0.25, 0.3) is 0 Å². The first kappa shape index (κ1) is 20.7. The van der Waals surface area contributed by atoms with Crippen molar-refractivity contribution in [3.05, 3.63) is 65.2 Å². The molecule has 4 nitrogen and oxygen atoms in total. The molecule has 0 aromatic heterocycles. The van der Waals surface area contributed by atoms with E-state index in [-0.39, 0.29) is 5.91 Å². The van der Waals surface area contributed by atoms with Crippen molar-refractivity contribution in [3.8, 4) is 0 Å². The number of piperazine rings is 1. The summed E-state index contributed by atoms with van der Waals surface area (Å²) in [5.74, 6) is -0.0218. The van der Waals surface area contributed by atoms with Gasteiger partial charge in [0.1, 0.15) is 0 Å². The van der Waals surface area contributed by atoms with Crippen molar-refractivity contribution in [2.75, 3.05) is 44.2 Å². The largest absolute Gasteiger partial charge is 0.416 e. The summed E-state index contributed by atoms with van der Waals surface area (Å²) in [5, 5.41) is 0. The molecule has 2 heterocycles. The molecule has 0 unspecified atom stereocenters. The summed E-state index contributed by atoms with van der Waals surface area (Å²) in [7, 11) is 0. The molecule has 0 N–H and O–H groups in total. The summed E-state index contributed by atoms with van der Waals surface area (Å²) in [6.07, 6.45) is -1.85. The van der Waals surface area contributed by atoms with Gasteiger partial charge in [-0.05, 0) is 61.8 Å². The Kier molecular flexibility index (Phi) is 5.99. The topological polar surface area (TPSA) is 26.8 Å². The minimum atomic E-state index is -4.35. The van der Waals surface area contributed by atoms with Gasteiger partial charge in [0.2, 0.25) is 0 Å². The van der Waals surface area contributed by atoms with Gasteiger partial charge >= 0.3 is 6.18 Å². The van der Waals surface area contributed by atoms with Crippen molar-refractivity contribution in [3.63, 3.8) is 0 Å². The minimum absolute atomic E-state index is 0.0218. The first-order valence-corrected chi connectivity index (χ1v) is 10.4. The molecule has 4 rings (SSSR count).